The van der Waals surface area contributed by atoms with Crippen LogP contribution >= 0.6 is 0 Å². The Bertz CT molecular complexity index is 1070. The van der Waals surface area contributed by atoms with E-state index in [-0.39, 0.29) is 11.7 Å². The second kappa shape index (κ2) is 10.2. The molecule has 7 nitrogen and oxygen atoms in total. The minimum Gasteiger partial charge on any atom is -0.493 e. The van der Waals surface area contributed by atoms with Gasteiger partial charge in [0.05, 0.1) is 33.5 Å². The van der Waals surface area contributed by atoms with Gasteiger partial charge in [0.2, 0.25) is 5.75 Å². The van der Waals surface area contributed by atoms with Gasteiger partial charge in [-0.3, -0.25) is 4.79 Å². The standard InChI is InChI=1S/C26H29FN2O5/c1-5-17-16-34-24(18-14-21(31-2)25(33-4)22(15-18)32-3)23(17)26(30)29-12-10-28(11-13-29)20-8-6-19(27)7-9-20/h5-9,14-15,24H,1,10-13,16H2,2-4H3. The molecular formula is C26H29FN2O5. The monoisotopic (exact) mass is 468 g/mol. The van der Waals surface area contributed by atoms with E-state index in [9.17, 15) is 9.18 Å². The first-order valence-corrected chi connectivity index (χ1v) is 11.1. The van der Waals surface area contributed by atoms with Crippen molar-refractivity contribution < 1.29 is 28.1 Å². The molecule has 1 amide bonds. The van der Waals surface area contributed by atoms with Gasteiger partial charge in [-0.15, -0.1) is 0 Å². The van der Waals surface area contributed by atoms with Crippen molar-refractivity contribution in [3.63, 3.8) is 0 Å². The number of halogens is 1. The topological polar surface area (TPSA) is 60.5 Å². The first kappa shape index (κ1) is 23.6. The molecule has 0 bridgehead atoms. The minimum atomic E-state index is -0.579. The summed E-state index contributed by atoms with van der Waals surface area (Å²) in [7, 11) is 4.64. The molecule has 0 aliphatic carbocycles. The van der Waals surface area contributed by atoms with Crippen molar-refractivity contribution in [2.45, 2.75) is 6.10 Å². The lowest BCUT2D eigenvalue weighted by Gasteiger charge is -2.37. The number of hydrogen-bond acceptors (Lipinski definition) is 6. The normalized spacial score (nSPS) is 18.2. The van der Waals surface area contributed by atoms with E-state index in [1.165, 1.54) is 12.1 Å². The minimum absolute atomic E-state index is 0.0788. The van der Waals surface area contributed by atoms with Gasteiger partial charge in [0.15, 0.2) is 11.5 Å². The van der Waals surface area contributed by atoms with Crippen LogP contribution in [-0.4, -0.2) is 64.9 Å². The molecule has 2 aliphatic heterocycles. The van der Waals surface area contributed by atoms with Crippen LogP contribution in [0.2, 0.25) is 0 Å². The number of ether oxygens (including phenoxy) is 4. The Morgan fingerprint density at radius 3 is 2.18 bits per heavy atom. The second-order valence-electron chi connectivity index (χ2n) is 8.05. The highest BCUT2D eigenvalue weighted by Crippen LogP contribution is 2.44. The quantitative estimate of drug-likeness (QED) is 0.617. The van der Waals surface area contributed by atoms with Gasteiger partial charge < -0.3 is 28.7 Å². The summed E-state index contributed by atoms with van der Waals surface area (Å²) < 4.78 is 35.7. The van der Waals surface area contributed by atoms with Crippen molar-refractivity contribution in [2.24, 2.45) is 0 Å². The van der Waals surface area contributed by atoms with Crippen molar-refractivity contribution >= 4 is 11.6 Å². The van der Waals surface area contributed by atoms with Crippen molar-refractivity contribution in [1.29, 1.82) is 0 Å². The predicted octanol–water partition coefficient (Wildman–Crippen LogP) is 3.75. The van der Waals surface area contributed by atoms with E-state index in [4.69, 9.17) is 18.9 Å². The summed E-state index contributed by atoms with van der Waals surface area (Å²) in [5.74, 6) is 1.12. The zero-order valence-electron chi connectivity index (χ0n) is 19.7. The zero-order valence-corrected chi connectivity index (χ0v) is 19.7. The molecule has 1 atom stereocenters. The molecule has 1 fully saturated rings. The summed E-state index contributed by atoms with van der Waals surface area (Å²) in [5, 5.41) is 0. The molecule has 180 valence electrons. The van der Waals surface area contributed by atoms with E-state index in [1.807, 2.05) is 4.90 Å². The highest BCUT2D eigenvalue weighted by atomic mass is 19.1. The number of methoxy groups -OCH3 is 3. The Morgan fingerprint density at radius 1 is 1.03 bits per heavy atom. The van der Waals surface area contributed by atoms with Crippen LogP contribution in [0.15, 0.2) is 60.2 Å². The van der Waals surface area contributed by atoms with Crippen LogP contribution in [-0.2, 0) is 9.53 Å². The lowest BCUT2D eigenvalue weighted by molar-refractivity contribution is -0.128. The number of anilines is 1. The van der Waals surface area contributed by atoms with E-state index in [2.05, 4.69) is 11.5 Å². The molecule has 2 aromatic carbocycles. The summed E-state index contributed by atoms with van der Waals surface area (Å²) >= 11 is 0. The molecule has 0 saturated carbocycles. The maximum Gasteiger partial charge on any atom is 0.253 e. The van der Waals surface area contributed by atoms with Gasteiger partial charge in [-0.05, 0) is 47.5 Å². The van der Waals surface area contributed by atoms with Crippen molar-refractivity contribution in [1.82, 2.24) is 4.90 Å². The number of nitrogens with zero attached hydrogens (tertiary/aromatic N) is 2. The lowest BCUT2D eigenvalue weighted by Crippen LogP contribution is -2.49. The average molecular weight is 469 g/mol. The number of benzene rings is 2. The molecule has 0 radical (unpaired) electrons. The fourth-order valence-electron chi connectivity index (χ4n) is 4.43. The van der Waals surface area contributed by atoms with E-state index >= 15 is 0 Å². The van der Waals surface area contributed by atoms with Crippen LogP contribution < -0.4 is 19.1 Å². The van der Waals surface area contributed by atoms with E-state index in [1.54, 1.807) is 51.7 Å². The Morgan fingerprint density at radius 2 is 1.65 bits per heavy atom. The van der Waals surface area contributed by atoms with Crippen LogP contribution in [0.4, 0.5) is 10.1 Å². The highest BCUT2D eigenvalue weighted by molar-refractivity contribution is 5.96. The van der Waals surface area contributed by atoms with Crippen LogP contribution in [0.5, 0.6) is 17.2 Å². The number of carbonyl (C=O) groups is 1. The molecule has 34 heavy (non-hydrogen) atoms. The Hall–Kier alpha value is -3.52. The first-order valence-electron chi connectivity index (χ1n) is 11.1. The fraction of sp³-hybridized carbons (Fsp3) is 0.346. The third kappa shape index (κ3) is 4.46. The van der Waals surface area contributed by atoms with E-state index < -0.39 is 6.10 Å². The smallest absolute Gasteiger partial charge is 0.253 e. The molecule has 1 saturated heterocycles. The Kier molecular flexibility index (Phi) is 7.07. The molecule has 4 rings (SSSR count). The molecule has 2 aromatic rings. The van der Waals surface area contributed by atoms with Gasteiger partial charge in [-0.1, -0.05) is 12.7 Å². The number of piperazine rings is 1. The van der Waals surface area contributed by atoms with Gasteiger partial charge in [0.25, 0.3) is 5.91 Å². The number of rotatable bonds is 7. The number of amides is 1. The van der Waals surface area contributed by atoms with Crippen molar-refractivity contribution in [2.75, 3.05) is 59.0 Å². The van der Waals surface area contributed by atoms with E-state index in [0.29, 0.717) is 55.6 Å². The second-order valence-corrected chi connectivity index (χ2v) is 8.05. The summed E-state index contributed by atoms with van der Waals surface area (Å²) in [6.07, 6.45) is 1.10. The summed E-state index contributed by atoms with van der Waals surface area (Å²) in [5.41, 5.74) is 3.02. The maximum atomic E-state index is 13.7. The Balaban J connectivity index is 1.57. The first-order chi connectivity index (χ1) is 16.5. The van der Waals surface area contributed by atoms with Gasteiger partial charge >= 0.3 is 0 Å². The molecule has 8 heteroatoms. The number of carbonyl (C=O) groups excluding carboxylic acids is 1. The van der Waals surface area contributed by atoms with Gasteiger partial charge in [-0.25, -0.2) is 4.39 Å². The molecule has 0 aromatic heterocycles. The summed E-state index contributed by atoms with van der Waals surface area (Å²) in [6, 6.07) is 10.0. The van der Waals surface area contributed by atoms with Gasteiger partial charge in [0, 0.05) is 31.9 Å². The van der Waals surface area contributed by atoms with Gasteiger partial charge in [0.1, 0.15) is 11.9 Å². The summed E-state index contributed by atoms with van der Waals surface area (Å²) in [4.78, 5) is 17.6. The molecule has 0 spiro atoms. The van der Waals surface area contributed by atoms with Gasteiger partial charge in [-0.2, -0.15) is 0 Å². The van der Waals surface area contributed by atoms with Crippen LogP contribution in [0, 0.1) is 5.82 Å². The highest BCUT2D eigenvalue weighted by Gasteiger charge is 2.36. The van der Waals surface area contributed by atoms with Crippen LogP contribution in [0.1, 0.15) is 11.7 Å². The maximum absolute atomic E-state index is 13.7. The third-order valence-corrected chi connectivity index (χ3v) is 6.24. The van der Waals surface area contributed by atoms with E-state index in [0.717, 1.165) is 16.8 Å². The van der Waals surface area contributed by atoms with Crippen LogP contribution in [0.25, 0.3) is 0 Å². The molecule has 0 N–H and O–H groups in total. The van der Waals surface area contributed by atoms with Crippen LogP contribution in [0.3, 0.4) is 0 Å². The molecule has 2 heterocycles. The average Bonchev–Trinajstić information content (AvgIpc) is 3.32. The molecule has 1 unspecified atom stereocenters. The summed E-state index contributed by atoms with van der Waals surface area (Å²) in [6.45, 7) is 6.59. The third-order valence-electron chi connectivity index (χ3n) is 6.24. The van der Waals surface area contributed by atoms with Crippen molar-refractivity contribution in [3.8, 4) is 17.2 Å². The van der Waals surface area contributed by atoms with Crippen molar-refractivity contribution in [3.05, 3.63) is 71.6 Å². The molecule has 2 aliphatic rings. The largest absolute Gasteiger partial charge is 0.493 e. The Labute approximate surface area is 199 Å². The fourth-order valence-corrected chi connectivity index (χ4v) is 4.43. The lowest BCUT2D eigenvalue weighted by atomic mass is 9.97. The SMILES string of the molecule is C=CC1=C(C(=O)N2CCN(c3ccc(F)cc3)CC2)C(c2cc(OC)c(OC)c(OC)c2)OC1. The zero-order chi connectivity index (χ0) is 24.2. The molecular weight excluding hydrogens is 439 g/mol. The number of hydrogen-bond donors (Lipinski definition) is 0. The predicted molar refractivity (Wildman–Crippen MR) is 127 cm³/mol.